The SMILES string of the molecule is O=C(Cc1csc(-c2ccccc2Cl)n1)N1CCC(c2nc(C3CC3)n[nH]2)CC1. The summed E-state index contributed by atoms with van der Waals surface area (Å²) in [7, 11) is 0. The summed E-state index contributed by atoms with van der Waals surface area (Å²) in [6.07, 6.45) is 4.60. The molecule has 1 amide bonds. The highest BCUT2D eigenvalue weighted by atomic mass is 35.5. The van der Waals surface area contributed by atoms with Gasteiger partial charge in [-0.05, 0) is 31.7 Å². The van der Waals surface area contributed by atoms with Crippen LogP contribution in [-0.2, 0) is 11.2 Å². The fourth-order valence-corrected chi connectivity index (χ4v) is 4.95. The third-order valence-electron chi connectivity index (χ3n) is 5.69. The number of thiazole rings is 1. The number of nitrogens with one attached hydrogen (secondary N) is 1. The molecule has 0 bridgehead atoms. The maximum absolute atomic E-state index is 12.8. The summed E-state index contributed by atoms with van der Waals surface area (Å²) < 4.78 is 0. The molecule has 1 saturated heterocycles. The Morgan fingerprint density at radius 2 is 1.93 bits per heavy atom. The molecule has 5 rings (SSSR count). The monoisotopic (exact) mass is 427 g/mol. The van der Waals surface area contributed by atoms with Crippen molar-refractivity contribution in [2.75, 3.05) is 13.1 Å². The minimum Gasteiger partial charge on any atom is -0.342 e. The molecule has 2 aliphatic rings. The van der Waals surface area contributed by atoms with Crippen molar-refractivity contribution in [2.24, 2.45) is 0 Å². The second-order valence-electron chi connectivity index (χ2n) is 7.81. The van der Waals surface area contributed by atoms with Gasteiger partial charge in [0.25, 0.3) is 0 Å². The van der Waals surface area contributed by atoms with Gasteiger partial charge in [-0.1, -0.05) is 29.8 Å². The van der Waals surface area contributed by atoms with Crippen molar-refractivity contribution in [3.05, 3.63) is 52.0 Å². The number of aromatic nitrogens is 4. The fourth-order valence-electron chi connectivity index (χ4n) is 3.81. The molecular formula is C21H22ClN5OS. The lowest BCUT2D eigenvalue weighted by Gasteiger charge is -2.30. The number of likely N-dealkylation sites (tertiary alicyclic amines) is 1. The molecule has 29 heavy (non-hydrogen) atoms. The normalized spacial score (nSPS) is 17.6. The molecule has 6 nitrogen and oxygen atoms in total. The lowest BCUT2D eigenvalue weighted by Crippen LogP contribution is -2.39. The molecule has 0 spiro atoms. The van der Waals surface area contributed by atoms with Gasteiger partial charge in [-0.15, -0.1) is 11.3 Å². The Balaban J connectivity index is 1.17. The van der Waals surface area contributed by atoms with E-state index >= 15 is 0 Å². The number of hydrogen-bond donors (Lipinski definition) is 1. The van der Waals surface area contributed by atoms with E-state index < -0.39 is 0 Å². The number of piperidine rings is 1. The molecule has 1 saturated carbocycles. The molecule has 1 aliphatic carbocycles. The van der Waals surface area contributed by atoms with E-state index in [1.165, 1.54) is 24.2 Å². The van der Waals surface area contributed by atoms with Crippen molar-refractivity contribution in [3.8, 4) is 10.6 Å². The number of aromatic amines is 1. The van der Waals surface area contributed by atoms with Crippen LogP contribution in [0.4, 0.5) is 0 Å². The van der Waals surface area contributed by atoms with Gasteiger partial charge in [-0.3, -0.25) is 9.89 Å². The summed E-state index contributed by atoms with van der Waals surface area (Å²) >= 11 is 7.79. The van der Waals surface area contributed by atoms with Gasteiger partial charge in [-0.25, -0.2) is 9.97 Å². The molecule has 2 fully saturated rings. The molecule has 1 N–H and O–H groups in total. The summed E-state index contributed by atoms with van der Waals surface area (Å²) in [6, 6.07) is 7.66. The first-order chi connectivity index (χ1) is 14.2. The number of amides is 1. The third kappa shape index (κ3) is 4.07. The van der Waals surface area contributed by atoms with Gasteiger partial charge in [0.2, 0.25) is 5.91 Å². The first-order valence-electron chi connectivity index (χ1n) is 10.1. The molecule has 1 aliphatic heterocycles. The van der Waals surface area contributed by atoms with E-state index in [0.29, 0.717) is 23.3 Å². The molecule has 150 valence electrons. The maximum atomic E-state index is 12.8. The summed E-state index contributed by atoms with van der Waals surface area (Å²) in [4.78, 5) is 24.0. The number of halogens is 1. The van der Waals surface area contributed by atoms with Crippen molar-refractivity contribution in [3.63, 3.8) is 0 Å². The highest BCUT2D eigenvalue weighted by Crippen LogP contribution is 2.38. The largest absolute Gasteiger partial charge is 0.342 e. The number of rotatable bonds is 5. The van der Waals surface area contributed by atoms with Crippen LogP contribution in [0, 0.1) is 0 Å². The van der Waals surface area contributed by atoms with Crippen molar-refractivity contribution >= 4 is 28.8 Å². The summed E-state index contributed by atoms with van der Waals surface area (Å²) in [6.45, 7) is 1.51. The average Bonchev–Trinajstić information content (AvgIpc) is 3.29. The van der Waals surface area contributed by atoms with Crippen LogP contribution in [0.3, 0.4) is 0 Å². The molecule has 2 aromatic heterocycles. The Hall–Kier alpha value is -2.25. The smallest absolute Gasteiger partial charge is 0.228 e. The molecule has 3 heterocycles. The highest BCUT2D eigenvalue weighted by Gasteiger charge is 2.30. The molecule has 8 heteroatoms. The van der Waals surface area contributed by atoms with Gasteiger partial charge < -0.3 is 4.90 Å². The zero-order valence-corrected chi connectivity index (χ0v) is 17.5. The van der Waals surface area contributed by atoms with E-state index in [2.05, 4.69) is 20.2 Å². The zero-order chi connectivity index (χ0) is 19.8. The number of carbonyl (C=O) groups excluding carboxylic acids is 1. The predicted octanol–water partition coefficient (Wildman–Crippen LogP) is 4.41. The van der Waals surface area contributed by atoms with Crippen molar-refractivity contribution in [1.82, 2.24) is 25.1 Å². The summed E-state index contributed by atoms with van der Waals surface area (Å²) in [5, 5.41) is 11.0. The van der Waals surface area contributed by atoms with Gasteiger partial charge in [0, 0.05) is 35.9 Å². The second-order valence-corrected chi connectivity index (χ2v) is 9.07. The second kappa shape index (κ2) is 7.88. The molecule has 0 radical (unpaired) electrons. The topological polar surface area (TPSA) is 74.8 Å². The van der Waals surface area contributed by atoms with Crippen LogP contribution < -0.4 is 0 Å². The number of carbonyl (C=O) groups is 1. The molecular weight excluding hydrogens is 406 g/mol. The van der Waals surface area contributed by atoms with Gasteiger partial charge in [0.1, 0.15) is 10.8 Å². The number of H-pyrrole nitrogens is 1. The number of benzene rings is 1. The molecule has 0 unspecified atom stereocenters. The zero-order valence-electron chi connectivity index (χ0n) is 16.0. The minimum absolute atomic E-state index is 0.135. The van der Waals surface area contributed by atoms with Crippen LogP contribution in [0.25, 0.3) is 10.6 Å². The van der Waals surface area contributed by atoms with E-state index in [-0.39, 0.29) is 5.91 Å². The lowest BCUT2D eigenvalue weighted by atomic mass is 9.96. The lowest BCUT2D eigenvalue weighted by molar-refractivity contribution is -0.131. The fraction of sp³-hybridized carbons (Fsp3) is 0.429. The molecule has 0 atom stereocenters. The highest BCUT2D eigenvalue weighted by molar-refractivity contribution is 7.13. The number of hydrogen-bond acceptors (Lipinski definition) is 5. The third-order valence-corrected chi connectivity index (χ3v) is 6.94. The van der Waals surface area contributed by atoms with E-state index in [0.717, 1.165) is 53.8 Å². The Morgan fingerprint density at radius 1 is 1.14 bits per heavy atom. The number of nitrogens with zero attached hydrogens (tertiary/aromatic N) is 4. The van der Waals surface area contributed by atoms with E-state index in [9.17, 15) is 4.79 Å². The van der Waals surface area contributed by atoms with Crippen LogP contribution in [0.5, 0.6) is 0 Å². The van der Waals surface area contributed by atoms with Gasteiger partial charge in [0.05, 0.1) is 17.1 Å². The van der Waals surface area contributed by atoms with Crippen LogP contribution in [0.1, 0.15) is 54.9 Å². The van der Waals surface area contributed by atoms with Crippen molar-refractivity contribution in [1.29, 1.82) is 0 Å². The average molecular weight is 428 g/mol. The van der Waals surface area contributed by atoms with Crippen molar-refractivity contribution in [2.45, 2.75) is 43.9 Å². The van der Waals surface area contributed by atoms with Crippen LogP contribution >= 0.6 is 22.9 Å². The van der Waals surface area contributed by atoms with Gasteiger partial charge in [-0.2, -0.15) is 5.10 Å². The maximum Gasteiger partial charge on any atom is 0.228 e. The summed E-state index contributed by atoms with van der Waals surface area (Å²) in [5.41, 5.74) is 1.72. The Bertz CT molecular complexity index is 1020. The van der Waals surface area contributed by atoms with Crippen LogP contribution in [0.15, 0.2) is 29.6 Å². The molecule has 1 aromatic carbocycles. The van der Waals surface area contributed by atoms with Gasteiger partial charge >= 0.3 is 0 Å². The first kappa shape index (κ1) is 18.8. The Labute approximate surface area is 178 Å². The van der Waals surface area contributed by atoms with Crippen molar-refractivity contribution < 1.29 is 4.79 Å². The molecule has 3 aromatic rings. The first-order valence-corrected chi connectivity index (χ1v) is 11.3. The quantitative estimate of drug-likeness (QED) is 0.654. The predicted molar refractivity (Wildman–Crippen MR) is 113 cm³/mol. The van der Waals surface area contributed by atoms with E-state index in [1.54, 1.807) is 0 Å². The standard InChI is InChI=1S/C21H22ClN5OS/c22-17-4-2-1-3-16(17)21-23-15(12-29-21)11-18(28)27-9-7-14(8-10-27)20-24-19(25-26-20)13-5-6-13/h1-4,12-14H,5-11H2,(H,24,25,26). The van der Waals surface area contributed by atoms with Crippen LogP contribution in [0.2, 0.25) is 5.02 Å². The van der Waals surface area contributed by atoms with E-state index in [1.807, 2.05) is 34.5 Å². The minimum atomic E-state index is 0.135. The Kier molecular flexibility index (Phi) is 5.09. The Morgan fingerprint density at radius 3 is 2.69 bits per heavy atom. The summed E-state index contributed by atoms with van der Waals surface area (Å²) in [5.74, 6) is 3.02. The van der Waals surface area contributed by atoms with Gasteiger partial charge in [0.15, 0.2) is 5.82 Å². The van der Waals surface area contributed by atoms with E-state index in [4.69, 9.17) is 11.6 Å². The van der Waals surface area contributed by atoms with Crippen LogP contribution in [-0.4, -0.2) is 44.1 Å².